The van der Waals surface area contributed by atoms with Gasteiger partial charge in [-0.1, -0.05) is 194 Å². The topological polar surface area (TPSA) is 0 Å². The van der Waals surface area contributed by atoms with Crippen LogP contribution < -0.4 is 0 Å². The second-order valence-electron chi connectivity index (χ2n) is 16.4. The van der Waals surface area contributed by atoms with E-state index in [2.05, 4.69) is 218 Å². The highest BCUT2D eigenvalue weighted by molar-refractivity contribution is 6.32. The minimum absolute atomic E-state index is 1.21. The van der Waals surface area contributed by atoms with Crippen LogP contribution in [0.2, 0.25) is 0 Å². The molecule has 0 aliphatic carbocycles. The summed E-state index contributed by atoms with van der Waals surface area (Å²) in [5.74, 6) is 0. The van der Waals surface area contributed by atoms with Crippen LogP contribution in [0.25, 0.3) is 131 Å². The van der Waals surface area contributed by atoms with Crippen molar-refractivity contribution in [3.63, 3.8) is 0 Å². The molecule has 0 aromatic heterocycles. The van der Waals surface area contributed by atoms with E-state index in [1.54, 1.807) is 0 Å². The average Bonchev–Trinajstić information content (AvgIpc) is 3.32. The molecule has 0 aliphatic heterocycles. The molecule has 0 spiro atoms. The Balaban J connectivity index is 1.11. The van der Waals surface area contributed by atoms with Crippen LogP contribution >= 0.6 is 0 Å². The van der Waals surface area contributed by atoms with E-state index in [0.29, 0.717) is 0 Å². The molecule has 0 bridgehead atoms. The van der Waals surface area contributed by atoms with Crippen LogP contribution in [-0.2, 0) is 0 Å². The van der Waals surface area contributed by atoms with Gasteiger partial charge in [-0.15, -0.1) is 0 Å². The maximum absolute atomic E-state index is 2.47. The van der Waals surface area contributed by atoms with E-state index >= 15 is 0 Å². The fourth-order valence-electron chi connectivity index (χ4n) is 10.4. The predicted octanol–water partition coefficient (Wildman–Crippen LogP) is 17.0. The van der Waals surface area contributed by atoms with Crippen LogP contribution in [0.3, 0.4) is 0 Å². The standard InChI is InChI=1S/C60H36/c1-2-12-41-33-42(26-23-37(41)11-1)38-21-24-39(25-22-38)55-36-58(57-35-44-14-4-6-16-46(44)48-18-8-10-20-50(48)57)54-30-28-40-27-29-51(52-31-32-53(55)60(54)59(40)52)56-34-43-13-3-5-15-45(43)47-17-7-9-19-49(47)56/h1-36H. The molecule has 13 rings (SSSR count). The largest absolute Gasteiger partial charge is 0.0616 e. The summed E-state index contributed by atoms with van der Waals surface area (Å²) in [5, 5.41) is 20.5. The lowest BCUT2D eigenvalue weighted by Gasteiger charge is -2.21. The summed E-state index contributed by atoms with van der Waals surface area (Å²) in [7, 11) is 0. The van der Waals surface area contributed by atoms with Crippen LogP contribution in [0.4, 0.5) is 0 Å². The van der Waals surface area contributed by atoms with Crippen molar-refractivity contribution in [1.29, 1.82) is 0 Å². The van der Waals surface area contributed by atoms with Crippen molar-refractivity contribution in [1.82, 2.24) is 0 Å². The minimum atomic E-state index is 1.21. The molecule has 0 amide bonds. The first kappa shape index (κ1) is 33.2. The summed E-state index contributed by atoms with van der Waals surface area (Å²) in [6.07, 6.45) is 0. The van der Waals surface area contributed by atoms with E-state index in [4.69, 9.17) is 0 Å². The van der Waals surface area contributed by atoms with E-state index in [0.717, 1.165) is 0 Å². The molecular weight excluding hydrogens is 721 g/mol. The molecule has 0 nitrogen and oxygen atoms in total. The van der Waals surface area contributed by atoms with E-state index < -0.39 is 0 Å². The number of hydrogen-bond acceptors (Lipinski definition) is 0. The zero-order valence-electron chi connectivity index (χ0n) is 32.8. The Kier molecular flexibility index (Phi) is 7.11. The predicted molar refractivity (Wildman–Crippen MR) is 259 cm³/mol. The Morgan fingerprint density at radius 3 is 1.27 bits per heavy atom. The number of rotatable bonds is 4. The van der Waals surface area contributed by atoms with Gasteiger partial charge in [0.25, 0.3) is 0 Å². The maximum Gasteiger partial charge on any atom is -0.00141 e. The van der Waals surface area contributed by atoms with Gasteiger partial charge < -0.3 is 0 Å². The van der Waals surface area contributed by atoms with E-state index in [1.165, 1.54) is 131 Å². The van der Waals surface area contributed by atoms with Gasteiger partial charge >= 0.3 is 0 Å². The molecule has 0 saturated heterocycles. The fraction of sp³-hybridized carbons (Fsp3) is 0. The molecule has 60 heavy (non-hydrogen) atoms. The minimum Gasteiger partial charge on any atom is -0.0616 e. The highest BCUT2D eigenvalue weighted by Gasteiger charge is 2.21. The molecular formula is C60H36. The first-order valence-corrected chi connectivity index (χ1v) is 20.9. The summed E-state index contributed by atoms with van der Waals surface area (Å²) in [6.45, 7) is 0. The molecule has 13 aromatic carbocycles. The van der Waals surface area contributed by atoms with Crippen molar-refractivity contribution in [2.45, 2.75) is 0 Å². The highest BCUT2D eigenvalue weighted by atomic mass is 14.2. The van der Waals surface area contributed by atoms with Crippen LogP contribution in [0.15, 0.2) is 218 Å². The molecule has 0 fully saturated rings. The third kappa shape index (κ3) is 4.92. The van der Waals surface area contributed by atoms with Gasteiger partial charge in [0.1, 0.15) is 0 Å². The van der Waals surface area contributed by atoms with Gasteiger partial charge in [-0.2, -0.15) is 0 Å². The molecule has 13 aromatic rings. The van der Waals surface area contributed by atoms with Crippen LogP contribution in [0.1, 0.15) is 0 Å². The van der Waals surface area contributed by atoms with Gasteiger partial charge in [-0.05, 0) is 155 Å². The third-order valence-corrected chi connectivity index (χ3v) is 13.2. The van der Waals surface area contributed by atoms with Crippen molar-refractivity contribution in [3.8, 4) is 44.5 Å². The zero-order chi connectivity index (χ0) is 39.3. The summed E-state index contributed by atoms with van der Waals surface area (Å²) < 4.78 is 0. The van der Waals surface area contributed by atoms with Gasteiger partial charge in [0.05, 0.1) is 0 Å². The first-order valence-electron chi connectivity index (χ1n) is 20.9. The van der Waals surface area contributed by atoms with Crippen molar-refractivity contribution in [2.24, 2.45) is 0 Å². The molecule has 0 heterocycles. The molecule has 0 atom stereocenters. The van der Waals surface area contributed by atoms with Gasteiger partial charge in [-0.3, -0.25) is 0 Å². The quantitative estimate of drug-likeness (QED) is 0.157. The third-order valence-electron chi connectivity index (χ3n) is 13.2. The Morgan fingerprint density at radius 2 is 0.600 bits per heavy atom. The van der Waals surface area contributed by atoms with E-state index in [1.807, 2.05) is 0 Å². The Bertz CT molecular complexity index is 3870. The molecule has 0 radical (unpaired) electrons. The van der Waals surface area contributed by atoms with Crippen molar-refractivity contribution in [2.75, 3.05) is 0 Å². The van der Waals surface area contributed by atoms with Gasteiger partial charge in [0.2, 0.25) is 0 Å². The zero-order valence-corrected chi connectivity index (χ0v) is 32.8. The van der Waals surface area contributed by atoms with Crippen molar-refractivity contribution >= 4 is 86.2 Å². The SMILES string of the molecule is c1ccc2cc(-c3ccc(-c4cc(-c5cc6ccccc6c6ccccc56)c5ccc6ccc(-c7cc8ccccc8c8ccccc78)c7ccc4c5c67)cc3)ccc2c1. The maximum atomic E-state index is 2.47. The molecule has 276 valence electrons. The van der Waals surface area contributed by atoms with Gasteiger partial charge in [0, 0.05) is 0 Å². The van der Waals surface area contributed by atoms with Crippen molar-refractivity contribution in [3.05, 3.63) is 218 Å². The molecule has 0 aliphatic rings. The van der Waals surface area contributed by atoms with E-state index in [-0.39, 0.29) is 0 Å². The van der Waals surface area contributed by atoms with Crippen LogP contribution in [0, 0.1) is 0 Å². The Labute approximate surface area is 347 Å². The highest BCUT2D eigenvalue weighted by Crippen LogP contribution is 2.49. The number of fused-ring (bicyclic) bond motifs is 7. The molecule has 0 N–H and O–H groups in total. The normalized spacial score (nSPS) is 12.0. The Morgan fingerprint density at radius 1 is 0.167 bits per heavy atom. The smallest absolute Gasteiger partial charge is 0.00141 e. The molecule has 0 unspecified atom stereocenters. The first-order chi connectivity index (χ1) is 29.7. The number of hydrogen-bond donors (Lipinski definition) is 0. The summed E-state index contributed by atoms with van der Waals surface area (Å²) >= 11 is 0. The summed E-state index contributed by atoms with van der Waals surface area (Å²) in [4.78, 5) is 0. The van der Waals surface area contributed by atoms with Crippen molar-refractivity contribution < 1.29 is 0 Å². The lowest BCUT2D eigenvalue weighted by molar-refractivity contribution is 1.62. The van der Waals surface area contributed by atoms with Gasteiger partial charge in [0.15, 0.2) is 0 Å². The second-order valence-corrected chi connectivity index (χ2v) is 16.4. The lowest BCUT2D eigenvalue weighted by atomic mass is 9.82. The summed E-state index contributed by atoms with van der Waals surface area (Å²) in [6, 6.07) is 81.6. The fourth-order valence-corrected chi connectivity index (χ4v) is 10.4. The Hall–Kier alpha value is -7.80. The second kappa shape index (κ2) is 12.9. The average molecular weight is 757 g/mol. The molecule has 0 saturated carbocycles. The molecule has 0 heteroatoms. The lowest BCUT2D eigenvalue weighted by Crippen LogP contribution is -1.94. The van der Waals surface area contributed by atoms with Gasteiger partial charge in [-0.25, -0.2) is 0 Å². The van der Waals surface area contributed by atoms with Crippen LogP contribution in [0.5, 0.6) is 0 Å². The monoisotopic (exact) mass is 756 g/mol. The van der Waals surface area contributed by atoms with E-state index in [9.17, 15) is 0 Å². The summed E-state index contributed by atoms with van der Waals surface area (Å²) in [5.41, 5.74) is 9.96. The number of benzene rings is 13. The van der Waals surface area contributed by atoms with Crippen LogP contribution in [-0.4, -0.2) is 0 Å².